The van der Waals surface area contributed by atoms with Crippen molar-refractivity contribution in [2.75, 3.05) is 30.9 Å². The molecule has 0 heterocycles. The smallest absolute Gasteiger partial charge is 0.262 e. The largest absolute Gasteiger partial charge is 0.493 e. The van der Waals surface area contributed by atoms with Crippen LogP contribution in [0.25, 0.3) is 0 Å². The number of hydrogen-bond donors (Lipinski definition) is 2. The fourth-order valence-electron chi connectivity index (χ4n) is 2.85. The second kappa shape index (κ2) is 10.5. The van der Waals surface area contributed by atoms with Crippen molar-refractivity contribution in [3.63, 3.8) is 0 Å². The van der Waals surface area contributed by atoms with E-state index in [1.807, 2.05) is 6.92 Å². The Balaban J connectivity index is 1.58. The molecule has 0 fully saturated rings. The molecular formula is C23H23ClN2O6S. The summed E-state index contributed by atoms with van der Waals surface area (Å²) in [5.74, 6) is 0.975. The van der Waals surface area contributed by atoms with Gasteiger partial charge in [-0.25, -0.2) is 8.42 Å². The van der Waals surface area contributed by atoms with Crippen LogP contribution in [0.4, 0.5) is 11.4 Å². The molecule has 3 aromatic carbocycles. The Kier molecular flexibility index (Phi) is 7.67. The van der Waals surface area contributed by atoms with Crippen molar-refractivity contribution in [3.05, 3.63) is 71.2 Å². The van der Waals surface area contributed by atoms with Crippen molar-refractivity contribution in [1.29, 1.82) is 0 Å². The Hall–Kier alpha value is -3.43. The maximum Gasteiger partial charge on any atom is 0.262 e. The number of carbonyl (C=O) groups excluding carboxylic acids is 1. The monoisotopic (exact) mass is 490 g/mol. The minimum atomic E-state index is -3.81. The molecule has 1 amide bonds. The normalized spacial score (nSPS) is 10.9. The van der Waals surface area contributed by atoms with E-state index >= 15 is 0 Å². The van der Waals surface area contributed by atoms with Gasteiger partial charge < -0.3 is 19.5 Å². The Morgan fingerprint density at radius 3 is 2.21 bits per heavy atom. The maximum absolute atomic E-state index is 12.6. The van der Waals surface area contributed by atoms with Crippen molar-refractivity contribution in [1.82, 2.24) is 0 Å². The molecule has 2 N–H and O–H groups in total. The third-order valence-electron chi connectivity index (χ3n) is 4.60. The second-order valence-corrected chi connectivity index (χ2v) is 9.04. The van der Waals surface area contributed by atoms with Crippen LogP contribution in [0.2, 0.25) is 5.02 Å². The highest BCUT2D eigenvalue weighted by molar-refractivity contribution is 7.92. The molecule has 0 aromatic heterocycles. The summed E-state index contributed by atoms with van der Waals surface area (Å²) in [5, 5.41) is 3.16. The average Bonchev–Trinajstić information content (AvgIpc) is 2.80. The topological polar surface area (TPSA) is 103 Å². The van der Waals surface area contributed by atoms with Gasteiger partial charge in [0.25, 0.3) is 15.9 Å². The van der Waals surface area contributed by atoms with Gasteiger partial charge in [0, 0.05) is 16.8 Å². The number of sulfonamides is 1. The number of carbonyl (C=O) groups is 1. The summed E-state index contributed by atoms with van der Waals surface area (Å²) in [7, 11) is -0.785. The predicted octanol–water partition coefficient (Wildman–Crippen LogP) is 4.48. The van der Waals surface area contributed by atoms with E-state index in [1.165, 1.54) is 38.5 Å². The highest BCUT2D eigenvalue weighted by Gasteiger charge is 2.15. The Morgan fingerprint density at radius 1 is 0.909 bits per heavy atom. The predicted molar refractivity (Wildman–Crippen MR) is 127 cm³/mol. The average molecular weight is 491 g/mol. The fraction of sp³-hybridized carbons (Fsp3) is 0.174. The van der Waals surface area contributed by atoms with E-state index in [2.05, 4.69) is 10.0 Å². The van der Waals surface area contributed by atoms with Crippen LogP contribution in [0.3, 0.4) is 0 Å². The SMILES string of the molecule is COc1ccc(NC(=O)COc2ccc(S(=O)(=O)Nc3ccc(C)c(Cl)c3)cc2)cc1OC. The number of methoxy groups -OCH3 is 2. The first kappa shape index (κ1) is 24.2. The number of halogens is 1. The van der Waals surface area contributed by atoms with Crippen LogP contribution in [-0.2, 0) is 14.8 Å². The zero-order chi connectivity index (χ0) is 24.0. The van der Waals surface area contributed by atoms with Gasteiger partial charge in [0.2, 0.25) is 0 Å². The van der Waals surface area contributed by atoms with Crippen LogP contribution in [0.15, 0.2) is 65.6 Å². The number of rotatable bonds is 9. The van der Waals surface area contributed by atoms with E-state index in [0.29, 0.717) is 33.6 Å². The molecule has 0 bridgehead atoms. The number of aryl methyl sites for hydroxylation is 1. The standard InChI is InChI=1S/C23H23ClN2O6S/c1-15-4-5-17(12-20(15)24)26-33(28,29)19-9-7-18(8-10-19)32-14-23(27)25-16-6-11-21(30-2)22(13-16)31-3/h4-13,26H,14H2,1-3H3,(H,25,27). The molecule has 0 aliphatic heterocycles. The molecule has 3 aromatic rings. The zero-order valence-electron chi connectivity index (χ0n) is 18.2. The van der Waals surface area contributed by atoms with Gasteiger partial charge in [-0.2, -0.15) is 0 Å². The van der Waals surface area contributed by atoms with Crippen LogP contribution >= 0.6 is 11.6 Å². The number of ether oxygens (including phenoxy) is 3. The van der Waals surface area contributed by atoms with Gasteiger partial charge in [-0.3, -0.25) is 9.52 Å². The second-order valence-electron chi connectivity index (χ2n) is 6.95. The molecule has 0 spiro atoms. The van der Waals surface area contributed by atoms with E-state index in [0.717, 1.165) is 5.56 Å². The number of benzene rings is 3. The van der Waals surface area contributed by atoms with Gasteiger partial charge in [-0.1, -0.05) is 17.7 Å². The summed E-state index contributed by atoms with van der Waals surface area (Å²) in [4.78, 5) is 12.2. The van der Waals surface area contributed by atoms with E-state index < -0.39 is 15.9 Å². The highest BCUT2D eigenvalue weighted by atomic mass is 35.5. The molecule has 0 unspecified atom stereocenters. The van der Waals surface area contributed by atoms with Crippen LogP contribution < -0.4 is 24.2 Å². The number of nitrogens with one attached hydrogen (secondary N) is 2. The number of hydrogen-bond acceptors (Lipinski definition) is 6. The van der Waals surface area contributed by atoms with Gasteiger partial charge in [0.1, 0.15) is 5.75 Å². The van der Waals surface area contributed by atoms with Crippen molar-refractivity contribution < 1.29 is 27.4 Å². The molecule has 0 aliphatic rings. The van der Waals surface area contributed by atoms with E-state index in [9.17, 15) is 13.2 Å². The summed E-state index contributed by atoms with van der Waals surface area (Å²) in [6.45, 7) is 1.56. The third kappa shape index (κ3) is 6.30. The summed E-state index contributed by atoms with van der Waals surface area (Å²) < 4.78 is 43.5. The molecule has 0 saturated heterocycles. The van der Waals surface area contributed by atoms with Gasteiger partial charge in [0.15, 0.2) is 18.1 Å². The highest BCUT2D eigenvalue weighted by Crippen LogP contribution is 2.29. The van der Waals surface area contributed by atoms with Crippen molar-refractivity contribution in [3.8, 4) is 17.2 Å². The lowest BCUT2D eigenvalue weighted by atomic mass is 10.2. The van der Waals surface area contributed by atoms with Gasteiger partial charge in [-0.15, -0.1) is 0 Å². The lowest BCUT2D eigenvalue weighted by molar-refractivity contribution is -0.118. The molecule has 33 heavy (non-hydrogen) atoms. The lowest BCUT2D eigenvalue weighted by Crippen LogP contribution is -2.20. The van der Waals surface area contributed by atoms with Crippen LogP contribution in [0.5, 0.6) is 17.2 Å². The molecule has 0 atom stereocenters. The Bertz CT molecular complexity index is 1250. The maximum atomic E-state index is 12.6. The van der Waals surface area contributed by atoms with Crippen LogP contribution in [-0.4, -0.2) is 35.2 Å². The summed E-state index contributed by atoms with van der Waals surface area (Å²) in [6.07, 6.45) is 0. The third-order valence-corrected chi connectivity index (χ3v) is 6.40. The summed E-state index contributed by atoms with van der Waals surface area (Å²) >= 11 is 6.05. The minimum absolute atomic E-state index is 0.0429. The van der Waals surface area contributed by atoms with E-state index in [4.69, 9.17) is 25.8 Å². The fourth-order valence-corrected chi connectivity index (χ4v) is 4.08. The first-order chi connectivity index (χ1) is 15.7. The molecule has 0 aliphatic carbocycles. The minimum Gasteiger partial charge on any atom is -0.493 e. The van der Waals surface area contributed by atoms with Gasteiger partial charge in [-0.05, 0) is 61.0 Å². The molecule has 10 heteroatoms. The Labute approximate surface area is 197 Å². The molecule has 0 saturated carbocycles. The van der Waals surface area contributed by atoms with E-state index in [-0.39, 0.29) is 11.5 Å². The van der Waals surface area contributed by atoms with Gasteiger partial charge in [0.05, 0.1) is 24.8 Å². The molecule has 174 valence electrons. The summed E-state index contributed by atoms with van der Waals surface area (Å²) in [5.41, 5.74) is 1.72. The quantitative estimate of drug-likeness (QED) is 0.458. The van der Waals surface area contributed by atoms with E-state index in [1.54, 1.807) is 36.4 Å². The molecule has 0 radical (unpaired) electrons. The number of anilines is 2. The van der Waals surface area contributed by atoms with Crippen molar-refractivity contribution in [2.45, 2.75) is 11.8 Å². The zero-order valence-corrected chi connectivity index (χ0v) is 19.8. The number of amides is 1. The Morgan fingerprint density at radius 2 is 1.58 bits per heavy atom. The van der Waals surface area contributed by atoms with Crippen molar-refractivity contribution >= 4 is 38.9 Å². The van der Waals surface area contributed by atoms with Gasteiger partial charge >= 0.3 is 0 Å². The van der Waals surface area contributed by atoms with Crippen LogP contribution in [0.1, 0.15) is 5.56 Å². The summed E-state index contributed by atoms with van der Waals surface area (Å²) in [6, 6.07) is 15.6. The molecule has 8 nitrogen and oxygen atoms in total. The lowest BCUT2D eigenvalue weighted by Gasteiger charge is -2.12. The van der Waals surface area contributed by atoms with Crippen LogP contribution in [0, 0.1) is 6.92 Å². The molecular weight excluding hydrogens is 468 g/mol. The molecule has 3 rings (SSSR count). The first-order valence-electron chi connectivity index (χ1n) is 9.75. The van der Waals surface area contributed by atoms with Crippen molar-refractivity contribution in [2.24, 2.45) is 0 Å². The first-order valence-corrected chi connectivity index (χ1v) is 11.6.